The predicted octanol–water partition coefficient (Wildman–Crippen LogP) is 10.1. The molecular formula is C44H49NO5Si. The Kier molecular flexibility index (Phi) is 10.3. The van der Waals surface area contributed by atoms with Crippen molar-refractivity contribution in [3.63, 3.8) is 0 Å². The molecule has 0 aliphatic carbocycles. The van der Waals surface area contributed by atoms with E-state index in [2.05, 4.69) is 81.8 Å². The fourth-order valence-electron chi connectivity index (χ4n) is 8.14. The van der Waals surface area contributed by atoms with Crippen molar-refractivity contribution in [2.24, 2.45) is 0 Å². The summed E-state index contributed by atoms with van der Waals surface area (Å²) in [4.78, 5) is 27.2. The van der Waals surface area contributed by atoms with Crippen LogP contribution in [0.25, 0.3) is 21.8 Å². The summed E-state index contributed by atoms with van der Waals surface area (Å²) in [6, 6.07) is 29.1. The molecule has 5 aromatic rings. The van der Waals surface area contributed by atoms with Gasteiger partial charge in [-0.05, 0) is 79.0 Å². The molecule has 0 radical (unpaired) electrons. The zero-order chi connectivity index (χ0) is 36.5. The van der Waals surface area contributed by atoms with Crippen LogP contribution in [0.1, 0.15) is 85.4 Å². The number of aromatic nitrogens is 1. The van der Waals surface area contributed by atoms with E-state index in [4.69, 9.17) is 14.2 Å². The van der Waals surface area contributed by atoms with Gasteiger partial charge in [-0.2, -0.15) is 0 Å². The summed E-state index contributed by atoms with van der Waals surface area (Å²) in [7, 11) is -1.95. The zero-order valence-electron chi connectivity index (χ0n) is 31.1. The lowest BCUT2D eigenvalue weighted by molar-refractivity contribution is -0.120. The number of aryl methyl sites for hydroxylation is 2. The molecule has 1 saturated heterocycles. The number of esters is 2. The Labute approximate surface area is 303 Å². The number of nitrogens with zero attached hydrogens (tertiary/aromatic N) is 1. The number of rotatable bonds is 9. The highest BCUT2D eigenvalue weighted by Crippen LogP contribution is 2.44. The van der Waals surface area contributed by atoms with Crippen molar-refractivity contribution >= 4 is 41.8 Å². The van der Waals surface area contributed by atoms with Crippen LogP contribution in [0, 0.1) is 25.3 Å². The molecule has 0 spiro atoms. The van der Waals surface area contributed by atoms with Gasteiger partial charge in [-0.1, -0.05) is 101 Å². The Morgan fingerprint density at radius 2 is 1.35 bits per heavy atom. The maximum absolute atomic E-state index is 14.0. The second-order valence-corrected chi connectivity index (χ2v) is 20.5. The number of ether oxygens (including phenoxy) is 3. The lowest BCUT2D eigenvalue weighted by Crippen LogP contribution is -2.48. The monoisotopic (exact) mass is 699 g/mol. The van der Waals surface area contributed by atoms with Crippen LogP contribution in [0.4, 0.5) is 0 Å². The van der Waals surface area contributed by atoms with Crippen LogP contribution in [0.5, 0.6) is 0 Å². The minimum atomic E-state index is -1.95. The van der Waals surface area contributed by atoms with Gasteiger partial charge in [0.1, 0.15) is 14.7 Å². The first-order valence-electron chi connectivity index (χ1n) is 18.1. The van der Waals surface area contributed by atoms with Gasteiger partial charge in [-0.15, -0.1) is 5.54 Å². The van der Waals surface area contributed by atoms with Crippen molar-refractivity contribution in [1.29, 1.82) is 0 Å². The van der Waals surface area contributed by atoms with Gasteiger partial charge >= 0.3 is 11.9 Å². The fraction of sp³-hybridized carbons (Fsp3) is 0.364. The first-order chi connectivity index (χ1) is 24.4. The van der Waals surface area contributed by atoms with Crippen molar-refractivity contribution in [2.45, 2.75) is 90.3 Å². The number of hydrogen-bond donors (Lipinski definition) is 0. The molecule has 7 heteroatoms. The average molecular weight is 700 g/mol. The third-order valence-electron chi connectivity index (χ3n) is 10.8. The molecule has 1 aromatic heterocycles. The Hall–Kier alpha value is -4.64. The average Bonchev–Trinajstić information content (AvgIpc) is 3.66. The number of hydrogen-bond acceptors (Lipinski definition) is 5. The summed E-state index contributed by atoms with van der Waals surface area (Å²) in [5.74, 6) is 2.70. The van der Waals surface area contributed by atoms with E-state index in [1.165, 1.54) is 0 Å². The number of benzene rings is 4. The van der Waals surface area contributed by atoms with Gasteiger partial charge in [0.15, 0.2) is 6.10 Å². The molecule has 0 unspecified atom stereocenters. The standard InChI is InChI=1S/C44H49NO5Si/c1-29(2)51(30(3)4,31(5)6)26-23-34-17-22-40-38(27-34)37-11-9-10-12-39(37)45(40)44(50-43(47)36-20-15-33(8)16-21-36)24-25-48-41(44)28-49-42(46)35-18-13-32(7)14-19-35/h9-22,27,29-31,41H,24-25,28H2,1-8H3/t41-,44+/m1/s1. The molecule has 0 saturated carbocycles. The number of para-hydroxylation sites is 1. The van der Waals surface area contributed by atoms with E-state index in [1.807, 2.05) is 56.3 Å². The molecule has 1 aliphatic heterocycles. The summed E-state index contributed by atoms with van der Waals surface area (Å²) >= 11 is 0. The van der Waals surface area contributed by atoms with E-state index in [9.17, 15) is 9.59 Å². The summed E-state index contributed by atoms with van der Waals surface area (Å²) in [5, 5.41) is 2.03. The van der Waals surface area contributed by atoms with Gasteiger partial charge in [0.2, 0.25) is 5.72 Å². The lowest BCUT2D eigenvalue weighted by Gasteiger charge is -2.38. The highest BCUT2D eigenvalue weighted by molar-refractivity contribution is 6.90. The molecular weight excluding hydrogens is 651 g/mol. The fourth-order valence-corrected chi connectivity index (χ4v) is 13.4. The van der Waals surface area contributed by atoms with E-state index in [0.29, 0.717) is 40.8 Å². The lowest BCUT2D eigenvalue weighted by atomic mass is 10.0. The van der Waals surface area contributed by atoms with Gasteiger partial charge in [-0.3, -0.25) is 4.57 Å². The maximum Gasteiger partial charge on any atom is 0.340 e. The van der Waals surface area contributed by atoms with Gasteiger partial charge in [0.05, 0.1) is 28.8 Å². The van der Waals surface area contributed by atoms with Gasteiger partial charge in [0, 0.05) is 22.8 Å². The number of fused-ring (bicyclic) bond motifs is 3. The third-order valence-corrected chi connectivity index (χ3v) is 17.1. The Morgan fingerprint density at radius 1 is 0.784 bits per heavy atom. The smallest absolute Gasteiger partial charge is 0.340 e. The molecule has 1 fully saturated rings. The molecule has 0 N–H and O–H groups in total. The maximum atomic E-state index is 14.0. The summed E-state index contributed by atoms with van der Waals surface area (Å²) < 4.78 is 20.9. The molecule has 4 aromatic carbocycles. The molecule has 2 heterocycles. The first kappa shape index (κ1) is 36.2. The Balaban J connectivity index is 1.48. The van der Waals surface area contributed by atoms with E-state index in [-0.39, 0.29) is 6.61 Å². The van der Waals surface area contributed by atoms with Gasteiger partial charge in [0.25, 0.3) is 0 Å². The Bertz CT molecular complexity index is 2100. The molecule has 51 heavy (non-hydrogen) atoms. The van der Waals surface area contributed by atoms with Crippen LogP contribution < -0.4 is 0 Å². The van der Waals surface area contributed by atoms with Crippen molar-refractivity contribution in [2.75, 3.05) is 13.2 Å². The molecule has 6 rings (SSSR count). The minimum absolute atomic E-state index is 0.0994. The first-order valence-corrected chi connectivity index (χ1v) is 20.3. The van der Waals surface area contributed by atoms with Crippen molar-refractivity contribution < 1.29 is 23.8 Å². The van der Waals surface area contributed by atoms with E-state index in [1.54, 1.807) is 24.3 Å². The number of carbonyl (C=O) groups excluding carboxylic acids is 2. The van der Waals surface area contributed by atoms with E-state index in [0.717, 1.165) is 38.5 Å². The van der Waals surface area contributed by atoms with Crippen LogP contribution in [0.2, 0.25) is 16.6 Å². The largest absolute Gasteiger partial charge is 0.459 e. The predicted molar refractivity (Wildman–Crippen MR) is 208 cm³/mol. The highest BCUT2D eigenvalue weighted by Gasteiger charge is 2.52. The second kappa shape index (κ2) is 14.5. The number of carbonyl (C=O) groups is 2. The zero-order valence-corrected chi connectivity index (χ0v) is 32.1. The molecule has 6 nitrogen and oxygen atoms in total. The third kappa shape index (κ3) is 6.75. The van der Waals surface area contributed by atoms with Crippen LogP contribution in [0.3, 0.4) is 0 Å². The summed E-state index contributed by atoms with van der Waals surface area (Å²) in [6.45, 7) is 18.1. The van der Waals surface area contributed by atoms with Crippen LogP contribution in [0.15, 0.2) is 91.0 Å². The van der Waals surface area contributed by atoms with Crippen molar-refractivity contribution in [1.82, 2.24) is 4.57 Å². The van der Waals surface area contributed by atoms with Crippen LogP contribution in [-0.2, 0) is 19.9 Å². The molecule has 1 aliphatic rings. The molecule has 0 bridgehead atoms. The molecule has 0 amide bonds. The summed E-state index contributed by atoms with van der Waals surface area (Å²) in [6.07, 6.45) is -0.396. The molecule has 264 valence electrons. The quantitative estimate of drug-likeness (QED) is 0.0871. The SMILES string of the molecule is Cc1ccc(C(=O)OC[C@H]2OCC[C@@]2(OC(=O)c2ccc(C)cc2)n2c3ccccc3c3cc(C#C[Si](C(C)C)(C(C)C)C(C)C)ccc32)cc1. The minimum Gasteiger partial charge on any atom is -0.459 e. The van der Waals surface area contributed by atoms with Crippen molar-refractivity contribution in [3.8, 4) is 11.5 Å². The van der Waals surface area contributed by atoms with Gasteiger partial charge < -0.3 is 14.2 Å². The van der Waals surface area contributed by atoms with E-state index >= 15 is 0 Å². The van der Waals surface area contributed by atoms with Crippen molar-refractivity contribution in [3.05, 3.63) is 119 Å². The van der Waals surface area contributed by atoms with Crippen LogP contribution >= 0.6 is 0 Å². The Morgan fingerprint density at radius 3 is 1.96 bits per heavy atom. The molecule has 2 atom stereocenters. The normalized spacial score (nSPS) is 17.7. The summed E-state index contributed by atoms with van der Waals surface area (Å²) in [5.41, 5.74) is 9.87. The highest BCUT2D eigenvalue weighted by atomic mass is 28.3. The topological polar surface area (TPSA) is 66.8 Å². The van der Waals surface area contributed by atoms with Crippen LogP contribution in [-0.4, -0.2) is 43.9 Å². The van der Waals surface area contributed by atoms with E-state index < -0.39 is 31.8 Å². The van der Waals surface area contributed by atoms with Gasteiger partial charge in [-0.25, -0.2) is 9.59 Å². The second-order valence-electron chi connectivity index (χ2n) is 14.9.